The van der Waals surface area contributed by atoms with E-state index in [0.29, 0.717) is 32.2 Å². The van der Waals surface area contributed by atoms with Crippen LogP contribution in [0.1, 0.15) is 36.7 Å². The smallest absolute Gasteiger partial charge is 0.253 e. The van der Waals surface area contributed by atoms with Crippen LogP contribution in [-0.2, 0) is 10.2 Å². The number of benzene rings is 1. The fourth-order valence-corrected chi connectivity index (χ4v) is 3.22. The summed E-state index contributed by atoms with van der Waals surface area (Å²) in [6.07, 6.45) is 0. The summed E-state index contributed by atoms with van der Waals surface area (Å²) in [7, 11) is 1.63. The lowest BCUT2D eigenvalue weighted by Gasteiger charge is -2.35. The molecule has 7 heteroatoms. The minimum absolute atomic E-state index is 0.0816. The molecule has 0 unspecified atom stereocenters. The first-order valence-corrected chi connectivity index (χ1v) is 9.99. The Morgan fingerprint density at radius 2 is 1.66 bits per heavy atom. The molecule has 1 aromatic heterocycles. The third-order valence-electron chi connectivity index (χ3n) is 5.05. The molecular formula is C22H30N4O3. The highest BCUT2D eigenvalue weighted by Gasteiger charge is 2.23. The van der Waals surface area contributed by atoms with E-state index in [1.807, 2.05) is 29.2 Å². The Labute approximate surface area is 172 Å². The molecular weight excluding hydrogens is 368 g/mol. The summed E-state index contributed by atoms with van der Waals surface area (Å²) in [5.74, 6) is 1.36. The third-order valence-corrected chi connectivity index (χ3v) is 5.05. The Balaban J connectivity index is 1.54. The average molecular weight is 399 g/mol. The van der Waals surface area contributed by atoms with Gasteiger partial charge in [0.15, 0.2) is 5.82 Å². The van der Waals surface area contributed by atoms with Crippen LogP contribution in [0.25, 0.3) is 0 Å². The van der Waals surface area contributed by atoms with Crippen LogP contribution in [0.4, 0.5) is 5.82 Å². The Kier molecular flexibility index (Phi) is 6.69. The molecule has 0 spiro atoms. The van der Waals surface area contributed by atoms with Crippen LogP contribution < -0.4 is 9.64 Å². The van der Waals surface area contributed by atoms with Crippen molar-refractivity contribution in [1.82, 2.24) is 15.1 Å². The SMILES string of the molecule is COCCOc1ccc(N2CCN(C(=O)c3ccc(C(C)(C)C)cc3)CC2)nn1. The van der Waals surface area contributed by atoms with Gasteiger partial charge in [0.05, 0.1) is 6.61 Å². The molecule has 0 atom stereocenters. The maximum Gasteiger partial charge on any atom is 0.253 e. The molecule has 1 amide bonds. The van der Waals surface area contributed by atoms with Crippen molar-refractivity contribution >= 4 is 11.7 Å². The van der Waals surface area contributed by atoms with Crippen molar-refractivity contribution < 1.29 is 14.3 Å². The number of amides is 1. The van der Waals surface area contributed by atoms with Crippen molar-refractivity contribution in [3.05, 3.63) is 47.5 Å². The predicted octanol–water partition coefficient (Wildman–Crippen LogP) is 2.76. The lowest BCUT2D eigenvalue weighted by molar-refractivity contribution is 0.0746. The number of ether oxygens (including phenoxy) is 2. The highest BCUT2D eigenvalue weighted by Crippen LogP contribution is 2.23. The molecule has 0 aliphatic carbocycles. The number of nitrogens with zero attached hydrogens (tertiary/aromatic N) is 4. The number of rotatable bonds is 6. The van der Waals surface area contributed by atoms with Crippen molar-refractivity contribution in [1.29, 1.82) is 0 Å². The Morgan fingerprint density at radius 3 is 2.21 bits per heavy atom. The zero-order chi connectivity index (χ0) is 20.9. The highest BCUT2D eigenvalue weighted by molar-refractivity contribution is 5.94. The van der Waals surface area contributed by atoms with Gasteiger partial charge in [0, 0.05) is 44.9 Å². The van der Waals surface area contributed by atoms with Crippen LogP contribution in [-0.4, -0.2) is 67.5 Å². The Bertz CT molecular complexity index is 792. The maximum absolute atomic E-state index is 12.8. The molecule has 1 aromatic carbocycles. The van der Waals surface area contributed by atoms with Crippen molar-refractivity contribution in [3.8, 4) is 5.88 Å². The number of methoxy groups -OCH3 is 1. The summed E-state index contributed by atoms with van der Waals surface area (Å²) in [6.45, 7) is 10.2. The van der Waals surface area contributed by atoms with Gasteiger partial charge in [-0.3, -0.25) is 4.79 Å². The number of hydrogen-bond donors (Lipinski definition) is 0. The van der Waals surface area contributed by atoms with E-state index >= 15 is 0 Å². The minimum Gasteiger partial charge on any atom is -0.474 e. The lowest BCUT2D eigenvalue weighted by Crippen LogP contribution is -2.49. The van der Waals surface area contributed by atoms with E-state index in [9.17, 15) is 4.79 Å². The first kappa shape index (κ1) is 21.0. The fraction of sp³-hybridized carbons (Fsp3) is 0.500. The number of aromatic nitrogens is 2. The van der Waals surface area contributed by atoms with Gasteiger partial charge in [-0.25, -0.2) is 0 Å². The molecule has 0 saturated carbocycles. The topological polar surface area (TPSA) is 67.8 Å². The molecule has 156 valence electrons. The molecule has 0 bridgehead atoms. The monoisotopic (exact) mass is 398 g/mol. The van der Waals surface area contributed by atoms with E-state index in [1.54, 1.807) is 7.11 Å². The molecule has 1 fully saturated rings. The number of anilines is 1. The molecule has 2 heterocycles. The van der Waals surface area contributed by atoms with Crippen molar-refractivity contribution in [3.63, 3.8) is 0 Å². The summed E-state index contributed by atoms with van der Waals surface area (Å²) in [6, 6.07) is 11.7. The Morgan fingerprint density at radius 1 is 0.966 bits per heavy atom. The van der Waals surface area contributed by atoms with Gasteiger partial charge in [-0.2, -0.15) is 0 Å². The number of carbonyl (C=O) groups is 1. The van der Waals surface area contributed by atoms with E-state index in [1.165, 1.54) is 5.56 Å². The van der Waals surface area contributed by atoms with Gasteiger partial charge in [-0.05, 0) is 29.2 Å². The summed E-state index contributed by atoms with van der Waals surface area (Å²) >= 11 is 0. The van der Waals surface area contributed by atoms with Crippen LogP contribution in [0.2, 0.25) is 0 Å². The summed E-state index contributed by atoms with van der Waals surface area (Å²) in [5.41, 5.74) is 2.05. The zero-order valence-electron chi connectivity index (χ0n) is 17.7. The van der Waals surface area contributed by atoms with Gasteiger partial charge in [0.2, 0.25) is 5.88 Å². The first-order chi connectivity index (χ1) is 13.9. The number of piperazine rings is 1. The molecule has 0 N–H and O–H groups in total. The second-order valence-electron chi connectivity index (χ2n) is 8.18. The number of carbonyl (C=O) groups excluding carboxylic acids is 1. The van der Waals surface area contributed by atoms with E-state index in [-0.39, 0.29) is 11.3 Å². The largest absolute Gasteiger partial charge is 0.474 e. The molecule has 7 nitrogen and oxygen atoms in total. The van der Waals surface area contributed by atoms with Crippen LogP contribution in [0.15, 0.2) is 36.4 Å². The van der Waals surface area contributed by atoms with Gasteiger partial charge in [-0.15, -0.1) is 10.2 Å². The van der Waals surface area contributed by atoms with Gasteiger partial charge in [-0.1, -0.05) is 32.9 Å². The Hall–Kier alpha value is -2.67. The molecule has 3 rings (SSSR count). The minimum atomic E-state index is 0.0816. The van der Waals surface area contributed by atoms with Crippen molar-refractivity contribution in [2.45, 2.75) is 26.2 Å². The average Bonchev–Trinajstić information content (AvgIpc) is 2.73. The van der Waals surface area contributed by atoms with Gasteiger partial charge >= 0.3 is 0 Å². The molecule has 29 heavy (non-hydrogen) atoms. The number of hydrogen-bond acceptors (Lipinski definition) is 6. The van der Waals surface area contributed by atoms with E-state index in [2.05, 4.69) is 48.0 Å². The molecule has 1 aliphatic heterocycles. The lowest BCUT2D eigenvalue weighted by atomic mass is 9.86. The first-order valence-electron chi connectivity index (χ1n) is 9.99. The summed E-state index contributed by atoms with van der Waals surface area (Å²) in [5, 5.41) is 8.35. The van der Waals surface area contributed by atoms with Gasteiger partial charge in [0.25, 0.3) is 5.91 Å². The summed E-state index contributed by atoms with van der Waals surface area (Å²) < 4.78 is 10.4. The molecule has 0 radical (unpaired) electrons. The third kappa shape index (κ3) is 5.44. The van der Waals surface area contributed by atoms with Crippen LogP contribution >= 0.6 is 0 Å². The molecule has 1 saturated heterocycles. The second kappa shape index (κ2) is 9.22. The quantitative estimate of drug-likeness (QED) is 0.697. The normalized spacial score (nSPS) is 14.8. The zero-order valence-corrected chi connectivity index (χ0v) is 17.7. The van der Waals surface area contributed by atoms with Gasteiger partial charge < -0.3 is 19.3 Å². The summed E-state index contributed by atoms with van der Waals surface area (Å²) in [4.78, 5) is 16.9. The fourth-order valence-electron chi connectivity index (χ4n) is 3.22. The van der Waals surface area contributed by atoms with Crippen molar-refractivity contribution in [2.75, 3.05) is 51.4 Å². The van der Waals surface area contributed by atoms with Gasteiger partial charge in [0.1, 0.15) is 6.61 Å². The standard InChI is InChI=1S/C22H30N4O3/c1-22(2,3)18-7-5-17(6-8-18)21(27)26-13-11-25(12-14-26)19-9-10-20(24-23-19)29-16-15-28-4/h5-10H,11-16H2,1-4H3. The maximum atomic E-state index is 12.8. The van der Waals surface area contributed by atoms with E-state index < -0.39 is 0 Å². The van der Waals surface area contributed by atoms with Crippen LogP contribution in [0, 0.1) is 0 Å². The van der Waals surface area contributed by atoms with Crippen LogP contribution in [0.5, 0.6) is 5.88 Å². The molecule has 1 aliphatic rings. The predicted molar refractivity (Wildman–Crippen MR) is 113 cm³/mol. The van der Waals surface area contributed by atoms with Crippen LogP contribution in [0.3, 0.4) is 0 Å². The van der Waals surface area contributed by atoms with E-state index in [4.69, 9.17) is 9.47 Å². The van der Waals surface area contributed by atoms with Crippen molar-refractivity contribution in [2.24, 2.45) is 0 Å². The highest BCUT2D eigenvalue weighted by atomic mass is 16.5. The molecule has 2 aromatic rings. The second-order valence-corrected chi connectivity index (χ2v) is 8.18. The van der Waals surface area contributed by atoms with E-state index in [0.717, 1.165) is 24.5 Å².